The van der Waals surface area contributed by atoms with Gasteiger partial charge in [0.05, 0.1) is 43.8 Å². The summed E-state index contributed by atoms with van der Waals surface area (Å²) in [5, 5.41) is 10.2. The second-order valence-corrected chi connectivity index (χ2v) is 7.23. The number of benzene rings is 1. The van der Waals surface area contributed by atoms with Crippen LogP contribution in [-0.2, 0) is 23.8 Å². The summed E-state index contributed by atoms with van der Waals surface area (Å²) in [6.45, 7) is 3.57. The van der Waals surface area contributed by atoms with Crippen LogP contribution in [0.2, 0.25) is 0 Å². The zero-order valence-corrected chi connectivity index (χ0v) is 17.9. The van der Waals surface area contributed by atoms with Gasteiger partial charge < -0.3 is 14.2 Å². The van der Waals surface area contributed by atoms with Crippen LogP contribution in [0.3, 0.4) is 0 Å². The van der Waals surface area contributed by atoms with Crippen molar-refractivity contribution in [2.75, 3.05) is 26.6 Å². The van der Waals surface area contributed by atoms with Gasteiger partial charge in [-0.05, 0) is 31.5 Å². The third kappa shape index (κ3) is 5.07. The number of nitriles is 1. The molecule has 1 unspecified atom stereocenters. The smallest absolute Gasteiger partial charge is 0.337 e. The SMILES string of the molecule is CCOC(=O)C1C(C)=NC(SCC(=O)OC)=C(C#N)[C@H]1c1ccc(C(=O)OC)cc1. The van der Waals surface area contributed by atoms with Crippen molar-refractivity contribution in [2.45, 2.75) is 19.8 Å². The molecule has 9 heteroatoms. The number of esters is 3. The van der Waals surface area contributed by atoms with E-state index in [1.165, 1.54) is 14.2 Å². The van der Waals surface area contributed by atoms with Crippen LogP contribution in [0.25, 0.3) is 0 Å². The van der Waals surface area contributed by atoms with Gasteiger partial charge in [-0.3, -0.25) is 9.59 Å². The van der Waals surface area contributed by atoms with E-state index >= 15 is 0 Å². The van der Waals surface area contributed by atoms with E-state index in [1.807, 2.05) is 0 Å². The number of aliphatic imine (C=N–C) groups is 1. The Kier molecular flexibility index (Phi) is 8.18. The molecule has 2 atom stereocenters. The van der Waals surface area contributed by atoms with E-state index in [0.29, 0.717) is 21.9 Å². The minimum atomic E-state index is -0.800. The summed E-state index contributed by atoms with van der Waals surface area (Å²) in [6.07, 6.45) is 0. The molecule has 158 valence electrons. The van der Waals surface area contributed by atoms with Crippen LogP contribution in [0.5, 0.6) is 0 Å². The van der Waals surface area contributed by atoms with Gasteiger partial charge in [-0.1, -0.05) is 23.9 Å². The number of rotatable bonds is 7. The number of carbonyl (C=O) groups excluding carboxylic acids is 3. The van der Waals surface area contributed by atoms with Gasteiger partial charge in [0, 0.05) is 11.6 Å². The summed E-state index contributed by atoms with van der Waals surface area (Å²) in [5.74, 6) is -2.93. The van der Waals surface area contributed by atoms with Crippen LogP contribution < -0.4 is 0 Å². The Morgan fingerprint density at radius 3 is 2.37 bits per heavy atom. The third-order valence-corrected chi connectivity index (χ3v) is 5.47. The lowest BCUT2D eigenvalue weighted by Crippen LogP contribution is -2.34. The highest BCUT2D eigenvalue weighted by atomic mass is 32.2. The fraction of sp³-hybridized carbons (Fsp3) is 0.381. The minimum Gasteiger partial charge on any atom is -0.468 e. The minimum absolute atomic E-state index is 0.0220. The molecule has 0 N–H and O–H groups in total. The van der Waals surface area contributed by atoms with Crippen LogP contribution >= 0.6 is 11.8 Å². The van der Waals surface area contributed by atoms with Crippen molar-refractivity contribution < 1.29 is 28.6 Å². The zero-order valence-electron chi connectivity index (χ0n) is 17.1. The third-order valence-electron chi connectivity index (χ3n) is 4.51. The molecule has 1 aliphatic rings. The molecule has 1 heterocycles. The van der Waals surface area contributed by atoms with Crippen molar-refractivity contribution in [3.63, 3.8) is 0 Å². The first kappa shape index (κ1) is 23.2. The molecule has 1 aliphatic heterocycles. The molecule has 1 aromatic rings. The standard InChI is InChI=1S/C21H22N2O6S/c1-5-29-21(26)17-12(2)23-19(30-11-16(24)27-3)15(10-22)18(17)13-6-8-14(9-7-13)20(25)28-4/h6-9,17-18H,5,11H2,1-4H3/t17?,18-/m1/s1. The number of hydrogen-bond donors (Lipinski definition) is 0. The fourth-order valence-corrected chi connectivity index (χ4v) is 4.00. The van der Waals surface area contributed by atoms with Crippen LogP contribution in [-0.4, -0.2) is 50.2 Å². The molecule has 0 aliphatic carbocycles. The lowest BCUT2D eigenvalue weighted by Gasteiger charge is -2.30. The lowest BCUT2D eigenvalue weighted by atomic mass is 9.77. The maximum Gasteiger partial charge on any atom is 0.337 e. The Labute approximate surface area is 178 Å². The molecule has 8 nitrogen and oxygen atoms in total. The van der Waals surface area contributed by atoms with Gasteiger partial charge >= 0.3 is 17.9 Å². The number of carbonyl (C=O) groups is 3. The first-order valence-electron chi connectivity index (χ1n) is 9.11. The molecule has 1 aromatic carbocycles. The van der Waals surface area contributed by atoms with E-state index in [1.54, 1.807) is 38.1 Å². The van der Waals surface area contributed by atoms with Gasteiger partial charge in [-0.2, -0.15) is 5.26 Å². The predicted octanol–water partition coefficient (Wildman–Crippen LogP) is 2.85. The van der Waals surface area contributed by atoms with Gasteiger partial charge in [0.25, 0.3) is 0 Å². The first-order chi connectivity index (χ1) is 14.4. The number of hydrogen-bond acceptors (Lipinski definition) is 9. The van der Waals surface area contributed by atoms with E-state index in [9.17, 15) is 19.6 Å². The summed E-state index contributed by atoms with van der Waals surface area (Å²) in [6, 6.07) is 8.62. The number of nitrogens with zero attached hydrogens (tertiary/aromatic N) is 2. The highest BCUT2D eigenvalue weighted by Gasteiger charge is 2.40. The van der Waals surface area contributed by atoms with E-state index in [0.717, 1.165) is 11.8 Å². The second-order valence-electron chi connectivity index (χ2n) is 6.27. The maximum atomic E-state index is 12.7. The van der Waals surface area contributed by atoms with Gasteiger partial charge in [0.2, 0.25) is 0 Å². The van der Waals surface area contributed by atoms with Gasteiger partial charge in [0.15, 0.2) is 0 Å². The van der Waals surface area contributed by atoms with Crippen molar-refractivity contribution in [1.29, 1.82) is 5.26 Å². The average molecular weight is 430 g/mol. The van der Waals surface area contributed by atoms with Crippen LogP contribution in [0.15, 0.2) is 39.9 Å². The zero-order chi connectivity index (χ0) is 22.3. The largest absolute Gasteiger partial charge is 0.468 e. The Balaban J connectivity index is 2.54. The molecule has 0 amide bonds. The molecule has 0 fully saturated rings. The Bertz CT molecular complexity index is 930. The fourth-order valence-electron chi connectivity index (χ4n) is 3.09. The number of allylic oxidation sites excluding steroid dienone is 1. The molecule has 0 saturated carbocycles. The highest BCUT2D eigenvalue weighted by molar-refractivity contribution is 8.03. The molecular formula is C21H22N2O6S. The van der Waals surface area contributed by atoms with E-state index in [-0.39, 0.29) is 17.9 Å². The van der Waals surface area contributed by atoms with Gasteiger partial charge in [0.1, 0.15) is 10.9 Å². The second kappa shape index (κ2) is 10.6. The quantitative estimate of drug-likeness (QED) is 0.479. The summed E-state index contributed by atoms with van der Waals surface area (Å²) < 4.78 is 14.6. The van der Waals surface area contributed by atoms with Gasteiger partial charge in [-0.15, -0.1) is 0 Å². The monoisotopic (exact) mass is 430 g/mol. The molecule has 0 radical (unpaired) electrons. The number of methoxy groups -OCH3 is 2. The van der Waals surface area contributed by atoms with Crippen LogP contribution in [0.1, 0.15) is 35.7 Å². The summed E-state index contributed by atoms with van der Waals surface area (Å²) in [7, 11) is 2.57. The van der Waals surface area contributed by atoms with Gasteiger partial charge in [-0.25, -0.2) is 9.79 Å². The highest BCUT2D eigenvalue weighted by Crippen LogP contribution is 2.42. The topological polar surface area (TPSA) is 115 Å². The van der Waals surface area contributed by atoms with E-state index < -0.39 is 29.7 Å². The molecule has 0 saturated heterocycles. The van der Waals surface area contributed by atoms with Crippen LogP contribution in [0.4, 0.5) is 0 Å². The molecule has 0 aromatic heterocycles. The van der Waals surface area contributed by atoms with Crippen molar-refractivity contribution in [3.8, 4) is 6.07 Å². The molecule has 2 rings (SSSR count). The van der Waals surface area contributed by atoms with Crippen molar-refractivity contribution in [3.05, 3.63) is 46.0 Å². The predicted molar refractivity (Wildman–Crippen MR) is 111 cm³/mol. The molecular weight excluding hydrogens is 408 g/mol. The normalized spacial score (nSPS) is 18.2. The Hall–Kier alpha value is -3.12. The Morgan fingerprint density at radius 2 is 1.83 bits per heavy atom. The number of ether oxygens (including phenoxy) is 3. The Morgan fingerprint density at radius 1 is 1.17 bits per heavy atom. The average Bonchev–Trinajstić information content (AvgIpc) is 2.76. The van der Waals surface area contributed by atoms with Crippen molar-refractivity contribution in [1.82, 2.24) is 0 Å². The first-order valence-corrected chi connectivity index (χ1v) is 10.1. The summed E-state index contributed by atoms with van der Waals surface area (Å²) in [4.78, 5) is 40.4. The maximum absolute atomic E-state index is 12.7. The molecule has 0 bridgehead atoms. The van der Waals surface area contributed by atoms with Crippen molar-refractivity contribution in [2.24, 2.45) is 10.9 Å². The molecule has 0 spiro atoms. The van der Waals surface area contributed by atoms with E-state index in [2.05, 4.69) is 15.8 Å². The number of thioether (sulfide) groups is 1. The lowest BCUT2D eigenvalue weighted by molar-refractivity contribution is -0.146. The molecule has 30 heavy (non-hydrogen) atoms. The van der Waals surface area contributed by atoms with E-state index in [4.69, 9.17) is 9.47 Å². The summed E-state index contributed by atoms with van der Waals surface area (Å²) in [5.41, 5.74) is 1.71. The van der Waals surface area contributed by atoms with Crippen molar-refractivity contribution >= 4 is 35.4 Å². The summed E-state index contributed by atoms with van der Waals surface area (Å²) >= 11 is 1.07. The van der Waals surface area contributed by atoms with Crippen LogP contribution in [0, 0.1) is 17.2 Å².